The molecule has 0 spiro atoms. The first-order chi connectivity index (χ1) is 7.56. The molecule has 0 atom stereocenters. The van der Waals surface area contributed by atoms with E-state index in [1.807, 2.05) is 30.3 Å². The third-order valence-corrected chi connectivity index (χ3v) is 2.18. The van der Waals surface area contributed by atoms with Crippen LogP contribution in [-0.4, -0.2) is 26.4 Å². The molecule has 6 heteroatoms. The number of benzene rings is 1. The van der Waals surface area contributed by atoms with Gasteiger partial charge in [-0.1, -0.05) is 30.3 Å². The van der Waals surface area contributed by atoms with Gasteiger partial charge in [0.2, 0.25) is 5.91 Å². The lowest BCUT2D eigenvalue weighted by molar-refractivity contribution is -0.138. The van der Waals surface area contributed by atoms with Crippen LogP contribution >= 0.6 is 0 Å². The van der Waals surface area contributed by atoms with Crippen LogP contribution in [0.5, 0.6) is 0 Å². The normalized spacial score (nSPS) is 8.50. The quantitative estimate of drug-likeness (QED) is 0.687. The van der Waals surface area contributed by atoms with Gasteiger partial charge in [0, 0.05) is 6.42 Å². The molecule has 0 aliphatic carbocycles. The molecule has 5 nitrogen and oxygen atoms in total. The molecule has 0 saturated carbocycles. The highest BCUT2D eigenvalue weighted by molar-refractivity contribution is 6.38. The summed E-state index contributed by atoms with van der Waals surface area (Å²) >= 11 is 0. The van der Waals surface area contributed by atoms with E-state index in [1.165, 1.54) is 0 Å². The Kier molecular flexibility index (Phi) is 7.52. The number of carboxylic acids is 1. The Balaban J connectivity index is 0.000000281. The Labute approximate surface area is 95.2 Å². The first-order valence-corrected chi connectivity index (χ1v) is 5.61. The zero-order valence-corrected chi connectivity index (χ0v) is 9.78. The minimum atomic E-state index is -0.996. The van der Waals surface area contributed by atoms with Crippen molar-refractivity contribution in [3.8, 4) is 0 Å². The topological polar surface area (TPSA) is 97.5 Å². The molecule has 0 saturated heterocycles. The van der Waals surface area contributed by atoms with Crippen molar-refractivity contribution in [2.45, 2.75) is 12.8 Å². The highest BCUT2D eigenvalue weighted by atomic mass is 28.2. The van der Waals surface area contributed by atoms with Crippen molar-refractivity contribution in [2.75, 3.05) is 0 Å². The maximum atomic E-state index is 10.2. The molecule has 0 heterocycles. The van der Waals surface area contributed by atoms with Crippen molar-refractivity contribution >= 4 is 26.5 Å². The number of aliphatic carboxylic acids is 1. The third kappa shape index (κ3) is 8.76. The number of hydrogen-bond donors (Lipinski definition) is 2. The first kappa shape index (κ1) is 14.2. The molecule has 86 valence electrons. The average molecular weight is 239 g/mol. The van der Waals surface area contributed by atoms with Gasteiger partial charge in [-0.15, -0.1) is 0 Å². The number of carbonyl (C=O) groups is 2. The summed E-state index contributed by atoms with van der Waals surface area (Å²) < 4.78 is 10.2. The fraction of sp³-hybridized carbons (Fsp3) is 0.200. The Morgan fingerprint density at radius 1 is 1.19 bits per heavy atom. The minimum absolute atomic E-state index is 0.0741. The molecule has 0 aromatic heterocycles. The molecular weight excluding hydrogens is 226 g/mol. The molecule has 1 aromatic carbocycles. The average Bonchev–Trinajstić information content (AvgIpc) is 2.28. The van der Waals surface area contributed by atoms with Gasteiger partial charge in [0.1, 0.15) is 0 Å². The molecule has 1 aromatic rings. The Bertz CT molecular complexity index is 339. The van der Waals surface area contributed by atoms with Crippen molar-refractivity contribution in [2.24, 2.45) is 5.73 Å². The zero-order chi connectivity index (χ0) is 12.4. The van der Waals surface area contributed by atoms with Crippen LogP contribution in [-0.2, 0) is 14.1 Å². The lowest BCUT2D eigenvalue weighted by atomic mass is 10.3. The molecule has 16 heavy (non-hydrogen) atoms. The van der Waals surface area contributed by atoms with Crippen LogP contribution < -0.4 is 10.9 Å². The Hall–Kier alpha value is -1.82. The standard InChI is InChI=1S/C6H6OSi.C4H7NO3/c7-8-6-4-2-1-3-5-6;5-3(6)1-2-4(7)8/h1-5,8H;1-2H2,(H2,5,6)(H,7,8). The van der Waals surface area contributed by atoms with Crippen molar-refractivity contribution in [1.82, 2.24) is 0 Å². The summed E-state index contributed by atoms with van der Waals surface area (Å²) in [6, 6.07) is 9.42. The van der Waals surface area contributed by atoms with E-state index in [4.69, 9.17) is 5.11 Å². The molecular formula is C10H13NO4Si. The van der Waals surface area contributed by atoms with Crippen molar-refractivity contribution in [3.05, 3.63) is 30.3 Å². The molecule has 1 rings (SSSR count). The van der Waals surface area contributed by atoms with Gasteiger partial charge in [-0.25, -0.2) is 0 Å². The summed E-state index contributed by atoms with van der Waals surface area (Å²) in [4.78, 5) is 19.6. The largest absolute Gasteiger partial charge is 0.481 e. The van der Waals surface area contributed by atoms with Gasteiger partial charge in [-0.2, -0.15) is 0 Å². The maximum Gasteiger partial charge on any atom is 0.303 e. The molecule has 1 amide bonds. The number of rotatable bonds is 4. The van der Waals surface area contributed by atoms with Crippen LogP contribution in [0.25, 0.3) is 0 Å². The van der Waals surface area contributed by atoms with Crippen LogP contribution in [0.3, 0.4) is 0 Å². The minimum Gasteiger partial charge on any atom is -0.481 e. The highest BCUT2D eigenvalue weighted by Gasteiger charge is 1.98. The number of amides is 1. The second-order valence-electron chi connectivity index (χ2n) is 2.89. The summed E-state index contributed by atoms with van der Waals surface area (Å²) in [5.41, 5.74) is 4.64. The van der Waals surface area contributed by atoms with E-state index in [-0.39, 0.29) is 12.8 Å². The SMILES string of the molecule is NC(=O)CCC(=O)O.O=[SiH]c1ccccc1. The fourth-order valence-corrected chi connectivity index (χ4v) is 1.14. The van der Waals surface area contributed by atoms with Gasteiger partial charge in [-0.3, -0.25) is 9.59 Å². The monoisotopic (exact) mass is 239 g/mol. The van der Waals surface area contributed by atoms with Gasteiger partial charge >= 0.3 is 5.97 Å². The van der Waals surface area contributed by atoms with E-state index in [2.05, 4.69) is 5.73 Å². The summed E-state index contributed by atoms with van der Waals surface area (Å²) in [5, 5.41) is 8.89. The van der Waals surface area contributed by atoms with Crippen LogP contribution in [0.15, 0.2) is 30.3 Å². The third-order valence-electron chi connectivity index (χ3n) is 1.52. The summed E-state index contributed by atoms with van der Waals surface area (Å²) in [6.07, 6.45) is -0.245. The molecule has 0 aliphatic rings. The van der Waals surface area contributed by atoms with E-state index in [0.29, 0.717) is 0 Å². The van der Waals surface area contributed by atoms with E-state index in [9.17, 15) is 14.1 Å². The predicted molar refractivity (Wildman–Crippen MR) is 60.0 cm³/mol. The Morgan fingerprint density at radius 2 is 1.75 bits per heavy atom. The molecule has 0 radical (unpaired) electrons. The van der Waals surface area contributed by atoms with Gasteiger partial charge in [-0.05, 0) is 5.19 Å². The highest BCUT2D eigenvalue weighted by Crippen LogP contribution is 1.84. The molecule has 0 bridgehead atoms. The lowest BCUT2D eigenvalue weighted by Crippen LogP contribution is -2.12. The van der Waals surface area contributed by atoms with Gasteiger partial charge < -0.3 is 15.3 Å². The van der Waals surface area contributed by atoms with Crippen LogP contribution in [0.1, 0.15) is 12.8 Å². The number of carboxylic acid groups (broad SMARTS) is 1. The maximum absolute atomic E-state index is 10.2. The molecule has 0 aliphatic heterocycles. The number of primary amides is 1. The number of nitrogens with two attached hydrogens (primary N) is 1. The van der Waals surface area contributed by atoms with Crippen LogP contribution in [0.4, 0.5) is 0 Å². The lowest BCUT2D eigenvalue weighted by Gasteiger charge is -1.86. The van der Waals surface area contributed by atoms with E-state index in [0.717, 1.165) is 5.19 Å². The molecule has 0 unspecified atom stereocenters. The number of carbonyl (C=O) groups excluding carboxylic acids is 1. The summed E-state index contributed by atoms with van der Waals surface area (Å²) in [6.45, 7) is 0. The predicted octanol–water partition coefficient (Wildman–Crippen LogP) is -0.570. The van der Waals surface area contributed by atoms with Crippen molar-refractivity contribution < 1.29 is 19.2 Å². The van der Waals surface area contributed by atoms with Gasteiger partial charge in [0.15, 0.2) is 0 Å². The van der Waals surface area contributed by atoms with E-state index in [1.54, 1.807) is 0 Å². The first-order valence-electron chi connectivity index (χ1n) is 4.56. The zero-order valence-electron chi connectivity index (χ0n) is 8.63. The van der Waals surface area contributed by atoms with Gasteiger partial charge in [0.25, 0.3) is 9.41 Å². The Morgan fingerprint density at radius 3 is 2.00 bits per heavy atom. The molecule has 3 N–H and O–H groups in total. The van der Waals surface area contributed by atoms with Crippen LogP contribution in [0, 0.1) is 0 Å². The summed E-state index contributed by atoms with van der Waals surface area (Å²) in [7, 11) is -0.739. The van der Waals surface area contributed by atoms with E-state index < -0.39 is 21.3 Å². The van der Waals surface area contributed by atoms with Crippen molar-refractivity contribution in [3.63, 3.8) is 0 Å². The van der Waals surface area contributed by atoms with Gasteiger partial charge in [0.05, 0.1) is 6.42 Å². The number of hydrogen-bond acceptors (Lipinski definition) is 3. The second-order valence-corrected chi connectivity index (χ2v) is 3.79. The van der Waals surface area contributed by atoms with Crippen LogP contribution in [0.2, 0.25) is 0 Å². The molecule has 0 fully saturated rings. The summed E-state index contributed by atoms with van der Waals surface area (Å²) in [5.74, 6) is -1.57. The van der Waals surface area contributed by atoms with Crippen molar-refractivity contribution in [1.29, 1.82) is 0 Å². The second kappa shape index (κ2) is 8.48. The smallest absolute Gasteiger partial charge is 0.303 e. The van der Waals surface area contributed by atoms with E-state index >= 15 is 0 Å². The fourth-order valence-electron chi connectivity index (χ4n) is 0.762.